The minimum absolute atomic E-state index is 0.313. The Morgan fingerprint density at radius 3 is 2.19 bits per heavy atom. The highest BCUT2D eigenvalue weighted by Gasteiger charge is 2.10. The Balaban J connectivity index is 1.70. The predicted molar refractivity (Wildman–Crippen MR) is 128 cm³/mol. The number of benzene rings is 1. The van der Waals surface area contributed by atoms with E-state index in [-0.39, 0.29) is 5.82 Å². The van der Waals surface area contributed by atoms with Gasteiger partial charge in [-0.2, -0.15) is 0 Å². The smallest absolute Gasteiger partial charge is 0.162 e. The average molecular weight is 447 g/mol. The fourth-order valence-electron chi connectivity index (χ4n) is 3.78. The van der Waals surface area contributed by atoms with Crippen molar-refractivity contribution < 1.29 is 13.5 Å². The third-order valence-electron chi connectivity index (χ3n) is 5.74. The van der Waals surface area contributed by atoms with Crippen LogP contribution in [0, 0.1) is 5.82 Å². The molecule has 0 bridgehead atoms. The monoisotopic (exact) mass is 446 g/mol. The van der Waals surface area contributed by atoms with E-state index in [1.54, 1.807) is 31.5 Å². The van der Waals surface area contributed by atoms with E-state index in [0.29, 0.717) is 30.2 Å². The zero-order chi connectivity index (χ0) is 23.0. The Morgan fingerprint density at radius 1 is 0.875 bits per heavy atom. The van der Waals surface area contributed by atoms with Crippen LogP contribution in [0.15, 0.2) is 30.6 Å². The molecule has 2 aromatic rings. The number of rotatable bonds is 17. The molecular weight excluding hydrogens is 406 g/mol. The van der Waals surface area contributed by atoms with Crippen molar-refractivity contribution in [2.45, 2.75) is 103 Å². The van der Waals surface area contributed by atoms with Crippen LogP contribution in [0.5, 0.6) is 5.75 Å². The van der Waals surface area contributed by atoms with Gasteiger partial charge in [-0.25, -0.2) is 18.7 Å². The fraction of sp³-hybridized carbons (Fsp3) is 0.630. The minimum atomic E-state index is -0.742. The summed E-state index contributed by atoms with van der Waals surface area (Å²) in [5, 5.41) is 0. The molecule has 178 valence electrons. The highest BCUT2D eigenvalue weighted by Crippen LogP contribution is 2.22. The molecule has 0 fully saturated rings. The number of aromatic nitrogens is 2. The van der Waals surface area contributed by atoms with Crippen LogP contribution in [0.3, 0.4) is 0 Å². The number of ether oxygens (including phenoxy) is 1. The van der Waals surface area contributed by atoms with Crippen LogP contribution in [0.2, 0.25) is 0 Å². The Labute approximate surface area is 193 Å². The van der Waals surface area contributed by atoms with Crippen LogP contribution >= 0.6 is 0 Å². The van der Waals surface area contributed by atoms with E-state index >= 15 is 0 Å². The van der Waals surface area contributed by atoms with Gasteiger partial charge in [0, 0.05) is 0 Å². The van der Waals surface area contributed by atoms with Gasteiger partial charge in [0.2, 0.25) is 0 Å². The maximum Gasteiger partial charge on any atom is 0.162 e. The summed E-state index contributed by atoms with van der Waals surface area (Å²) >= 11 is 0. The van der Waals surface area contributed by atoms with Crippen molar-refractivity contribution >= 4 is 0 Å². The van der Waals surface area contributed by atoms with Gasteiger partial charge in [-0.05, 0) is 50.3 Å². The number of hydrogen-bond acceptors (Lipinski definition) is 3. The first-order valence-electron chi connectivity index (χ1n) is 12.5. The third kappa shape index (κ3) is 10.5. The van der Waals surface area contributed by atoms with E-state index in [9.17, 15) is 8.78 Å². The van der Waals surface area contributed by atoms with Crippen LogP contribution in [-0.2, 0) is 6.42 Å². The second-order valence-corrected chi connectivity index (χ2v) is 8.76. The largest absolute Gasteiger partial charge is 0.490 e. The molecule has 3 nitrogen and oxygen atoms in total. The van der Waals surface area contributed by atoms with Crippen molar-refractivity contribution in [3.63, 3.8) is 0 Å². The summed E-state index contributed by atoms with van der Waals surface area (Å²) in [7, 11) is 0. The number of unbranched alkanes of at least 4 members (excludes halogenated alkanes) is 9. The number of alkyl halides is 1. The van der Waals surface area contributed by atoms with Gasteiger partial charge in [-0.1, -0.05) is 70.8 Å². The summed E-state index contributed by atoms with van der Waals surface area (Å²) < 4.78 is 33.1. The molecule has 5 heteroatoms. The van der Waals surface area contributed by atoms with Gasteiger partial charge in [0.15, 0.2) is 11.6 Å². The first-order valence-corrected chi connectivity index (χ1v) is 12.5. The van der Waals surface area contributed by atoms with Crippen molar-refractivity contribution in [3.8, 4) is 17.1 Å². The summed E-state index contributed by atoms with van der Waals surface area (Å²) in [6, 6.07) is 5.22. The summed E-state index contributed by atoms with van der Waals surface area (Å²) in [6.45, 7) is 4.49. The topological polar surface area (TPSA) is 35.0 Å². The van der Waals surface area contributed by atoms with Crippen LogP contribution in [0.25, 0.3) is 11.4 Å². The normalized spacial score (nSPS) is 12.1. The Morgan fingerprint density at radius 2 is 1.53 bits per heavy atom. The van der Waals surface area contributed by atoms with Gasteiger partial charge in [-0.15, -0.1) is 0 Å². The van der Waals surface area contributed by atoms with Crippen LogP contribution in [-0.4, -0.2) is 22.7 Å². The predicted octanol–water partition coefficient (Wildman–Crippen LogP) is 8.26. The fourth-order valence-corrected chi connectivity index (χ4v) is 3.78. The summed E-state index contributed by atoms with van der Waals surface area (Å²) in [5.41, 5.74) is 1.35. The molecule has 0 N–H and O–H groups in total. The van der Waals surface area contributed by atoms with E-state index in [2.05, 4.69) is 16.9 Å². The molecule has 1 heterocycles. The molecule has 32 heavy (non-hydrogen) atoms. The van der Waals surface area contributed by atoms with E-state index in [1.165, 1.54) is 44.9 Å². The molecule has 0 aliphatic rings. The van der Waals surface area contributed by atoms with E-state index in [4.69, 9.17) is 4.74 Å². The molecule has 1 atom stereocenters. The van der Waals surface area contributed by atoms with Gasteiger partial charge >= 0.3 is 0 Å². The Kier molecular flexibility index (Phi) is 12.9. The minimum Gasteiger partial charge on any atom is -0.490 e. The second-order valence-electron chi connectivity index (χ2n) is 8.76. The summed E-state index contributed by atoms with van der Waals surface area (Å²) in [4.78, 5) is 8.58. The lowest BCUT2D eigenvalue weighted by molar-refractivity contribution is 0.302. The van der Waals surface area contributed by atoms with Crippen molar-refractivity contribution in [1.82, 2.24) is 9.97 Å². The molecule has 0 aliphatic heterocycles. The van der Waals surface area contributed by atoms with E-state index < -0.39 is 6.17 Å². The molecule has 2 rings (SSSR count). The van der Waals surface area contributed by atoms with Crippen molar-refractivity contribution in [2.24, 2.45) is 0 Å². The average Bonchev–Trinajstić information content (AvgIpc) is 2.78. The van der Waals surface area contributed by atoms with Gasteiger partial charge in [0.25, 0.3) is 0 Å². The lowest BCUT2D eigenvalue weighted by Crippen LogP contribution is -2.00. The number of halogens is 2. The molecular formula is C27H40F2N2O. The molecule has 0 aliphatic carbocycles. The summed E-state index contributed by atoms with van der Waals surface area (Å²) in [6.07, 6.45) is 16.7. The van der Waals surface area contributed by atoms with Crippen LogP contribution < -0.4 is 4.74 Å². The van der Waals surface area contributed by atoms with Crippen molar-refractivity contribution in [1.29, 1.82) is 0 Å². The maximum atomic E-state index is 14.6. The molecule has 0 spiro atoms. The van der Waals surface area contributed by atoms with E-state index in [0.717, 1.165) is 37.7 Å². The third-order valence-corrected chi connectivity index (χ3v) is 5.74. The van der Waals surface area contributed by atoms with Crippen molar-refractivity contribution in [2.75, 3.05) is 6.61 Å². The first kappa shape index (κ1) is 26.2. The molecule has 1 unspecified atom stereocenters. The first-order chi connectivity index (χ1) is 15.6. The quantitative estimate of drug-likeness (QED) is 0.229. The molecule has 0 saturated heterocycles. The number of hydrogen-bond donors (Lipinski definition) is 0. The summed E-state index contributed by atoms with van der Waals surface area (Å²) in [5.74, 6) is 0.675. The zero-order valence-electron chi connectivity index (χ0n) is 19.9. The lowest BCUT2D eigenvalue weighted by Gasteiger charge is -2.08. The molecule has 0 amide bonds. The molecule has 0 radical (unpaired) electrons. The van der Waals surface area contributed by atoms with Crippen molar-refractivity contribution in [3.05, 3.63) is 42.0 Å². The SMILES string of the molecule is CCCCCCCCCCOc1cnc(-c2ccc(CCCCCC(C)F)cc2F)nc1. The van der Waals surface area contributed by atoms with Gasteiger partial charge in [0.05, 0.1) is 30.7 Å². The van der Waals surface area contributed by atoms with Gasteiger partial charge < -0.3 is 4.74 Å². The Bertz CT molecular complexity index is 750. The van der Waals surface area contributed by atoms with Crippen LogP contribution in [0.1, 0.15) is 96.5 Å². The zero-order valence-corrected chi connectivity index (χ0v) is 19.9. The van der Waals surface area contributed by atoms with Gasteiger partial charge in [0.1, 0.15) is 5.82 Å². The number of aryl methyl sites for hydroxylation is 1. The molecule has 1 aromatic heterocycles. The molecule has 1 aromatic carbocycles. The number of nitrogens with zero attached hydrogens (tertiary/aromatic N) is 2. The lowest BCUT2D eigenvalue weighted by atomic mass is 10.0. The van der Waals surface area contributed by atoms with Gasteiger partial charge in [-0.3, -0.25) is 0 Å². The van der Waals surface area contributed by atoms with E-state index in [1.807, 2.05) is 6.07 Å². The molecule has 0 saturated carbocycles. The highest BCUT2D eigenvalue weighted by molar-refractivity contribution is 5.56. The second kappa shape index (κ2) is 15.7. The van der Waals surface area contributed by atoms with Crippen LogP contribution in [0.4, 0.5) is 8.78 Å². The Hall–Kier alpha value is -2.04. The standard InChI is InChI=1S/C27H40F2N2O/c1-3-4-5-6-7-8-9-13-18-32-24-20-30-27(31-21-24)25-17-16-23(19-26(25)29)15-12-10-11-14-22(2)28/h16-17,19-22H,3-15,18H2,1-2H3. The highest BCUT2D eigenvalue weighted by atomic mass is 19.1. The maximum absolute atomic E-state index is 14.6.